The largest absolute Gasteiger partial charge is 0.381 e. The predicted octanol–water partition coefficient (Wildman–Crippen LogP) is 3.72. The molecule has 0 bridgehead atoms. The molecule has 0 saturated carbocycles. The van der Waals surface area contributed by atoms with Gasteiger partial charge in [-0.2, -0.15) is 0 Å². The van der Waals surface area contributed by atoms with Crippen LogP contribution in [0.1, 0.15) is 5.56 Å². The molecule has 2 aromatic rings. The van der Waals surface area contributed by atoms with Gasteiger partial charge >= 0.3 is 0 Å². The molecule has 0 amide bonds. The molecule has 4 heteroatoms. The van der Waals surface area contributed by atoms with E-state index in [9.17, 15) is 13.2 Å². The van der Waals surface area contributed by atoms with Gasteiger partial charge in [-0.3, -0.25) is 0 Å². The summed E-state index contributed by atoms with van der Waals surface area (Å²) in [6, 6.07) is 9.61. The molecule has 2 aromatic carbocycles. The van der Waals surface area contributed by atoms with Crippen molar-refractivity contribution in [2.45, 2.75) is 6.54 Å². The minimum Gasteiger partial charge on any atom is -0.381 e. The number of nitrogens with one attached hydrogen (secondary N) is 1. The van der Waals surface area contributed by atoms with Gasteiger partial charge in [0.1, 0.15) is 5.82 Å². The van der Waals surface area contributed by atoms with Gasteiger partial charge in [-0.1, -0.05) is 12.1 Å². The normalized spacial score (nSPS) is 10.3. The summed E-state index contributed by atoms with van der Waals surface area (Å²) in [4.78, 5) is 0. The van der Waals surface area contributed by atoms with E-state index in [-0.39, 0.29) is 5.82 Å². The summed E-state index contributed by atoms with van der Waals surface area (Å²) < 4.78 is 38.4. The first kappa shape index (κ1) is 11.5. The van der Waals surface area contributed by atoms with E-state index in [0.717, 1.165) is 17.7 Å². The Balaban J connectivity index is 2.05. The first-order valence-electron chi connectivity index (χ1n) is 5.08. The van der Waals surface area contributed by atoms with E-state index in [2.05, 4.69) is 5.32 Å². The Kier molecular flexibility index (Phi) is 3.32. The minimum absolute atomic E-state index is 0.324. The Morgan fingerprint density at radius 2 is 1.71 bits per heavy atom. The van der Waals surface area contributed by atoms with Crippen LogP contribution in [0.5, 0.6) is 0 Å². The molecule has 0 aliphatic carbocycles. The number of hydrogen-bond donors (Lipinski definition) is 1. The molecule has 0 radical (unpaired) electrons. The van der Waals surface area contributed by atoms with Crippen molar-refractivity contribution in [1.29, 1.82) is 0 Å². The van der Waals surface area contributed by atoms with Crippen molar-refractivity contribution in [3.63, 3.8) is 0 Å². The SMILES string of the molecule is Fc1cccc(CNc2ccc(F)c(F)c2)c1. The van der Waals surface area contributed by atoms with Gasteiger partial charge < -0.3 is 5.32 Å². The van der Waals surface area contributed by atoms with Gasteiger partial charge in [-0.25, -0.2) is 13.2 Å². The summed E-state index contributed by atoms with van der Waals surface area (Å²) in [5.41, 5.74) is 1.18. The van der Waals surface area contributed by atoms with Gasteiger partial charge in [0.05, 0.1) is 0 Å². The molecule has 88 valence electrons. The standard InChI is InChI=1S/C13H10F3N/c14-10-3-1-2-9(6-10)8-17-11-4-5-12(15)13(16)7-11/h1-7,17H,8H2. The number of anilines is 1. The highest BCUT2D eigenvalue weighted by atomic mass is 19.2. The van der Waals surface area contributed by atoms with E-state index >= 15 is 0 Å². The Hall–Kier alpha value is -1.97. The van der Waals surface area contributed by atoms with Gasteiger partial charge in [0.15, 0.2) is 11.6 Å². The second-order valence-electron chi connectivity index (χ2n) is 3.61. The van der Waals surface area contributed by atoms with Crippen molar-refractivity contribution in [3.05, 3.63) is 65.5 Å². The van der Waals surface area contributed by atoms with Gasteiger partial charge in [0.25, 0.3) is 0 Å². The molecule has 0 heterocycles. The fourth-order valence-corrected chi connectivity index (χ4v) is 1.46. The Labute approximate surface area is 96.9 Å². The van der Waals surface area contributed by atoms with Crippen molar-refractivity contribution < 1.29 is 13.2 Å². The highest BCUT2D eigenvalue weighted by Crippen LogP contribution is 2.14. The lowest BCUT2D eigenvalue weighted by Gasteiger charge is -2.06. The Morgan fingerprint density at radius 3 is 2.41 bits per heavy atom. The van der Waals surface area contributed by atoms with Gasteiger partial charge in [0.2, 0.25) is 0 Å². The number of benzene rings is 2. The second-order valence-corrected chi connectivity index (χ2v) is 3.61. The topological polar surface area (TPSA) is 12.0 Å². The number of halogens is 3. The van der Waals surface area contributed by atoms with E-state index in [1.807, 2.05) is 0 Å². The maximum atomic E-state index is 12.9. The zero-order valence-corrected chi connectivity index (χ0v) is 8.88. The monoisotopic (exact) mass is 237 g/mol. The molecule has 0 saturated heterocycles. The maximum absolute atomic E-state index is 12.9. The lowest BCUT2D eigenvalue weighted by molar-refractivity contribution is 0.509. The molecule has 17 heavy (non-hydrogen) atoms. The van der Waals surface area contributed by atoms with E-state index in [0.29, 0.717) is 12.2 Å². The van der Waals surface area contributed by atoms with E-state index in [1.165, 1.54) is 18.2 Å². The van der Waals surface area contributed by atoms with E-state index in [4.69, 9.17) is 0 Å². The van der Waals surface area contributed by atoms with E-state index < -0.39 is 11.6 Å². The molecule has 0 aromatic heterocycles. The van der Waals surface area contributed by atoms with Crippen LogP contribution in [0.3, 0.4) is 0 Å². The number of hydrogen-bond acceptors (Lipinski definition) is 1. The smallest absolute Gasteiger partial charge is 0.160 e. The zero-order chi connectivity index (χ0) is 12.3. The quantitative estimate of drug-likeness (QED) is 0.857. The maximum Gasteiger partial charge on any atom is 0.160 e. The third kappa shape index (κ3) is 3.00. The molecular formula is C13H10F3N. The van der Waals surface area contributed by atoms with Crippen molar-refractivity contribution in [3.8, 4) is 0 Å². The van der Waals surface area contributed by atoms with Crippen molar-refractivity contribution in [1.82, 2.24) is 0 Å². The lowest BCUT2D eigenvalue weighted by atomic mass is 10.2. The van der Waals surface area contributed by atoms with Crippen LogP contribution >= 0.6 is 0 Å². The molecule has 0 aliphatic heterocycles. The lowest BCUT2D eigenvalue weighted by Crippen LogP contribution is -2.00. The molecule has 0 unspecified atom stereocenters. The molecule has 2 rings (SSSR count). The minimum atomic E-state index is -0.908. The van der Waals surface area contributed by atoms with Crippen LogP contribution in [0.15, 0.2) is 42.5 Å². The summed E-state index contributed by atoms with van der Waals surface area (Å²) in [7, 11) is 0. The van der Waals surface area contributed by atoms with Crippen molar-refractivity contribution >= 4 is 5.69 Å². The van der Waals surface area contributed by atoms with Crippen molar-refractivity contribution in [2.75, 3.05) is 5.32 Å². The van der Waals surface area contributed by atoms with Crippen LogP contribution in [0.25, 0.3) is 0 Å². The molecular weight excluding hydrogens is 227 g/mol. The number of rotatable bonds is 3. The van der Waals surface area contributed by atoms with Gasteiger partial charge in [-0.15, -0.1) is 0 Å². The zero-order valence-electron chi connectivity index (χ0n) is 8.88. The van der Waals surface area contributed by atoms with Crippen LogP contribution in [-0.2, 0) is 6.54 Å². The average Bonchev–Trinajstić information content (AvgIpc) is 2.31. The molecule has 1 N–H and O–H groups in total. The fourth-order valence-electron chi connectivity index (χ4n) is 1.46. The van der Waals surface area contributed by atoms with Crippen LogP contribution in [-0.4, -0.2) is 0 Å². The highest BCUT2D eigenvalue weighted by Gasteiger charge is 2.02. The second kappa shape index (κ2) is 4.91. The summed E-state index contributed by atoms with van der Waals surface area (Å²) in [5, 5.41) is 2.88. The van der Waals surface area contributed by atoms with Crippen LogP contribution in [0, 0.1) is 17.5 Å². The van der Waals surface area contributed by atoms with Gasteiger partial charge in [-0.05, 0) is 29.8 Å². The third-order valence-corrected chi connectivity index (χ3v) is 2.31. The molecule has 0 spiro atoms. The summed E-state index contributed by atoms with van der Waals surface area (Å²) >= 11 is 0. The van der Waals surface area contributed by atoms with Crippen LogP contribution in [0.2, 0.25) is 0 Å². The van der Waals surface area contributed by atoms with E-state index in [1.54, 1.807) is 12.1 Å². The Morgan fingerprint density at radius 1 is 0.882 bits per heavy atom. The fraction of sp³-hybridized carbons (Fsp3) is 0.0769. The summed E-state index contributed by atoms with van der Waals surface area (Å²) in [5.74, 6) is -2.12. The Bertz CT molecular complexity index is 526. The first-order valence-corrected chi connectivity index (χ1v) is 5.08. The van der Waals surface area contributed by atoms with Gasteiger partial charge in [0, 0.05) is 18.3 Å². The third-order valence-electron chi connectivity index (χ3n) is 2.31. The predicted molar refractivity (Wildman–Crippen MR) is 60.1 cm³/mol. The molecule has 0 atom stereocenters. The van der Waals surface area contributed by atoms with Crippen LogP contribution < -0.4 is 5.32 Å². The molecule has 0 fully saturated rings. The first-order chi connectivity index (χ1) is 8.15. The molecule has 1 nitrogen and oxygen atoms in total. The summed E-state index contributed by atoms with van der Waals surface area (Å²) in [6.07, 6.45) is 0. The average molecular weight is 237 g/mol. The van der Waals surface area contributed by atoms with Crippen LogP contribution in [0.4, 0.5) is 18.9 Å². The molecule has 0 aliphatic rings. The summed E-state index contributed by atoms with van der Waals surface area (Å²) in [6.45, 7) is 0.350. The van der Waals surface area contributed by atoms with Crippen molar-refractivity contribution in [2.24, 2.45) is 0 Å². The highest BCUT2D eigenvalue weighted by molar-refractivity contribution is 5.44.